The lowest BCUT2D eigenvalue weighted by atomic mass is 10.4. The Hall–Kier alpha value is -1.03. The first-order chi connectivity index (χ1) is 5.16. The number of aromatic carboxylic acids is 1. The third kappa shape index (κ3) is 1.35. The van der Waals surface area contributed by atoms with Gasteiger partial charge in [-0.3, -0.25) is 0 Å². The van der Waals surface area contributed by atoms with Gasteiger partial charge in [0.1, 0.15) is 0 Å². The van der Waals surface area contributed by atoms with Crippen LogP contribution in [-0.4, -0.2) is 20.1 Å². The predicted molar refractivity (Wildman–Crippen MR) is 39.8 cm³/mol. The van der Waals surface area contributed by atoms with Crippen LogP contribution >= 0.6 is 11.8 Å². The zero-order valence-electron chi connectivity index (χ0n) is 5.91. The maximum absolute atomic E-state index is 10.4. The highest BCUT2D eigenvalue weighted by molar-refractivity contribution is 6.17. The van der Waals surface area contributed by atoms with Gasteiger partial charge in [-0.15, -0.1) is 0 Å². The molecule has 1 aromatic heterocycles. The number of aromatic nitrogens is 2. The van der Waals surface area contributed by atoms with Crippen molar-refractivity contribution in [3.05, 3.63) is 17.7 Å². The summed E-state index contributed by atoms with van der Waals surface area (Å²) in [6, 6.07) is 0. The molecule has 4 nitrogen and oxygen atoms in total. The lowest BCUT2D eigenvalue weighted by molar-refractivity contribution is 0.0683. The Bertz CT molecular complexity index is 282. The van der Waals surface area contributed by atoms with Crippen molar-refractivity contribution in [3.63, 3.8) is 0 Å². The van der Waals surface area contributed by atoms with Gasteiger partial charge >= 0.3 is 5.97 Å². The molecule has 5 heteroatoms. The second-order valence-electron chi connectivity index (χ2n) is 2.01. The van der Waals surface area contributed by atoms with E-state index >= 15 is 0 Å². The number of aryl methyl sites for hydroxylation is 1. The van der Waals surface area contributed by atoms with Gasteiger partial charge in [0.25, 0.3) is 0 Å². The van der Waals surface area contributed by atoms with Crippen molar-refractivity contribution in [3.8, 4) is 0 Å². The van der Waals surface area contributed by atoms with Crippen molar-refractivity contribution < 1.29 is 9.90 Å². The maximum Gasteiger partial charge on any atom is 0.373 e. The van der Waals surface area contributed by atoms with E-state index in [4.69, 9.17) is 16.9 Å². The molecule has 0 atom stereocenters. The molecule has 0 radical (unpaired) electrons. The van der Waals surface area contributed by atoms with E-state index in [0.29, 0.717) is 12.1 Å². The maximum atomic E-state index is 10.4. The van der Waals surface area contributed by atoms with Crippen molar-refractivity contribution in [2.45, 2.75) is 13.3 Å². The molecule has 0 aliphatic carbocycles. The number of rotatable bonds is 2. The molecule has 0 spiro atoms. The third-order valence-electron chi connectivity index (χ3n) is 1.33. The molecule has 0 amide bonds. The van der Waals surface area contributed by atoms with E-state index in [9.17, 15) is 4.79 Å². The minimum Gasteiger partial charge on any atom is -0.475 e. The van der Waals surface area contributed by atoms with Crippen molar-refractivity contribution in [1.82, 2.24) is 9.07 Å². The molecule has 0 bridgehead atoms. The Kier molecular flexibility index (Phi) is 2.14. The summed E-state index contributed by atoms with van der Waals surface area (Å²) in [6.45, 7) is 1.88. The van der Waals surface area contributed by atoms with E-state index in [1.807, 2.05) is 6.92 Å². The number of halogens is 1. The molecule has 0 saturated carbocycles. The van der Waals surface area contributed by atoms with Gasteiger partial charge in [0.05, 0.1) is 11.9 Å². The summed E-state index contributed by atoms with van der Waals surface area (Å²) in [5.41, 5.74) is 0.698. The monoisotopic (exact) mass is 174 g/mol. The van der Waals surface area contributed by atoms with Gasteiger partial charge in [0, 0.05) is 11.8 Å². The largest absolute Gasteiger partial charge is 0.475 e. The quantitative estimate of drug-likeness (QED) is 0.732. The van der Waals surface area contributed by atoms with Gasteiger partial charge in [-0.25, -0.2) is 13.9 Å². The fourth-order valence-electron chi connectivity index (χ4n) is 0.742. The number of carboxylic acids is 1. The topological polar surface area (TPSA) is 55.1 Å². The SMILES string of the molecule is CCc1cnc(C(=O)O)n1Cl. The lowest BCUT2D eigenvalue weighted by Crippen LogP contribution is -2.04. The molecule has 0 aliphatic heterocycles. The normalized spacial score (nSPS) is 10.0. The Morgan fingerprint density at radius 3 is 2.82 bits per heavy atom. The van der Waals surface area contributed by atoms with Crippen LogP contribution in [0.5, 0.6) is 0 Å². The van der Waals surface area contributed by atoms with Crippen molar-refractivity contribution >= 4 is 17.7 Å². The number of carbonyl (C=O) groups is 1. The van der Waals surface area contributed by atoms with Crippen LogP contribution in [0.3, 0.4) is 0 Å². The van der Waals surface area contributed by atoms with Gasteiger partial charge < -0.3 is 5.11 Å². The molecule has 1 rings (SSSR count). The van der Waals surface area contributed by atoms with Gasteiger partial charge in [-0.1, -0.05) is 6.92 Å². The van der Waals surface area contributed by atoms with E-state index in [0.717, 1.165) is 4.09 Å². The minimum atomic E-state index is -1.11. The highest BCUT2D eigenvalue weighted by atomic mass is 35.5. The second-order valence-corrected chi connectivity index (χ2v) is 2.35. The fourth-order valence-corrected chi connectivity index (χ4v) is 1.02. The van der Waals surface area contributed by atoms with Gasteiger partial charge in [-0.2, -0.15) is 0 Å². The van der Waals surface area contributed by atoms with E-state index < -0.39 is 5.97 Å². The van der Waals surface area contributed by atoms with Crippen LogP contribution in [0.2, 0.25) is 0 Å². The van der Waals surface area contributed by atoms with Gasteiger partial charge in [-0.05, 0) is 6.42 Å². The summed E-state index contributed by atoms with van der Waals surface area (Å²) in [6.07, 6.45) is 2.13. The summed E-state index contributed by atoms with van der Waals surface area (Å²) in [4.78, 5) is 14.0. The van der Waals surface area contributed by atoms with Crippen LogP contribution in [-0.2, 0) is 6.42 Å². The van der Waals surface area contributed by atoms with Crippen molar-refractivity contribution in [2.75, 3.05) is 0 Å². The number of hydrogen-bond donors (Lipinski definition) is 1. The van der Waals surface area contributed by atoms with Crippen LogP contribution in [0.15, 0.2) is 6.20 Å². The smallest absolute Gasteiger partial charge is 0.373 e. The summed E-state index contributed by atoms with van der Waals surface area (Å²) in [7, 11) is 0. The highest BCUT2D eigenvalue weighted by Gasteiger charge is 2.12. The first-order valence-electron chi connectivity index (χ1n) is 3.13. The Balaban J connectivity index is 3.10. The first kappa shape index (κ1) is 8.07. The van der Waals surface area contributed by atoms with E-state index in [1.54, 1.807) is 0 Å². The van der Waals surface area contributed by atoms with E-state index in [2.05, 4.69) is 4.98 Å². The molecule has 60 valence electrons. The third-order valence-corrected chi connectivity index (χ3v) is 1.70. The van der Waals surface area contributed by atoms with Crippen molar-refractivity contribution in [2.24, 2.45) is 0 Å². The number of carboxylic acid groups (broad SMARTS) is 1. The summed E-state index contributed by atoms with van der Waals surface area (Å²) in [5.74, 6) is -1.25. The number of nitrogens with zero attached hydrogens (tertiary/aromatic N) is 2. The Labute approximate surface area is 68.5 Å². The summed E-state index contributed by atoms with van der Waals surface area (Å²) >= 11 is 5.59. The Morgan fingerprint density at radius 2 is 2.55 bits per heavy atom. The molecule has 0 unspecified atom stereocenters. The fraction of sp³-hybridized carbons (Fsp3) is 0.333. The average molecular weight is 175 g/mol. The van der Waals surface area contributed by atoms with Gasteiger partial charge in [0.15, 0.2) is 0 Å². The molecular weight excluding hydrogens is 168 g/mol. The predicted octanol–water partition coefficient (Wildman–Crippen LogP) is 1.15. The molecular formula is C6H7ClN2O2. The van der Waals surface area contributed by atoms with Crippen LogP contribution in [0.1, 0.15) is 23.2 Å². The zero-order valence-corrected chi connectivity index (χ0v) is 6.67. The van der Waals surface area contributed by atoms with Crippen LogP contribution in [0.25, 0.3) is 0 Å². The second kappa shape index (κ2) is 2.92. The van der Waals surface area contributed by atoms with Crippen LogP contribution < -0.4 is 0 Å². The lowest BCUT2D eigenvalue weighted by Gasteiger charge is -1.94. The molecule has 1 N–H and O–H groups in total. The van der Waals surface area contributed by atoms with Crippen LogP contribution in [0.4, 0.5) is 0 Å². The summed E-state index contributed by atoms with van der Waals surface area (Å²) in [5, 5.41) is 8.51. The molecule has 1 aromatic rings. The highest BCUT2D eigenvalue weighted by Crippen LogP contribution is 2.07. The molecule has 0 aliphatic rings. The zero-order chi connectivity index (χ0) is 8.43. The molecule has 11 heavy (non-hydrogen) atoms. The van der Waals surface area contributed by atoms with Crippen molar-refractivity contribution in [1.29, 1.82) is 0 Å². The minimum absolute atomic E-state index is 0.136. The van der Waals surface area contributed by atoms with E-state index in [-0.39, 0.29) is 5.82 Å². The average Bonchev–Trinajstić information content (AvgIpc) is 2.30. The van der Waals surface area contributed by atoms with Crippen LogP contribution in [0, 0.1) is 0 Å². The Morgan fingerprint density at radius 1 is 1.91 bits per heavy atom. The molecule has 0 saturated heterocycles. The summed E-state index contributed by atoms with van der Waals surface area (Å²) < 4.78 is 1.06. The number of imidazole rings is 1. The molecule has 1 heterocycles. The molecule has 0 aromatic carbocycles. The standard InChI is InChI=1S/C6H7ClN2O2/c1-2-4-3-8-5(6(10)11)9(4)7/h3H,2H2,1H3,(H,10,11). The first-order valence-corrected chi connectivity index (χ1v) is 3.46. The molecule has 0 fully saturated rings. The number of hydrogen-bond acceptors (Lipinski definition) is 2. The van der Waals surface area contributed by atoms with Gasteiger partial charge in [0.2, 0.25) is 5.82 Å². The van der Waals surface area contributed by atoms with E-state index in [1.165, 1.54) is 6.20 Å².